The molecule has 0 aromatic heterocycles. The van der Waals surface area contributed by atoms with Crippen LogP contribution in [0.4, 0.5) is 5.69 Å². The smallest absolute Gasteiger partial charge is 0.163 e. The van der Waals surface area contributed by atoms with Crippen LogP contribution < -0.4 is 14.8 Å². The van der Waals surface area contributed by atoms with Crippen molar-refractivity contribution in [3.05, 3.63) is 17.2 Å². The number of anilines is 1. The number of nitrogens with one attached hydrogen (secondary N) is 1. The fourth-order valence-corrected chi connectivity index (χ4v) is 2.77. The zero-order valence-electron chi connectivity index (χ0n) is 13.1. The van der Waals surface area contributed by atoms with E-state index in [9.17, 15) is 0 Å². The molecule has 1 aromatic carbocycles. The molecule has 1 aliphatic heterocycles. The third kappa shape index (κ3) is 4.99. The molecule has 0 saturated carbocycles. The van der Waals surface area contributed by atoms with Crippen LogP contribution in [0.3, 0.4) is 0 Å². The molecule has 0 amide bonds. The van der Waals surface area contributed by atoms with Crippen LogP contribution in [-0.4, -0.2) is 19.3 Å². The van der Waals surface area contributed by atoms with Gasteiger partial charge >= 0.3 is 0 Å². The van der Waals surface area contributed by atoms with Crippen molar-refractivity contribution in [2.45, 2.75) is 58.4 Å². The van der Waals surface area contributed by atoms with Gasteiger partial charge in [-0.3, -0.25) is 0 Å². The Hall–Kier alpha value is -1.09. The maximum absolute atomic E-state index is 6.31. The minimum Gasteiger partial charge on any atom is -0.486 e. The maximum atomic E-state index is 6.31. The molecule has 0 aliphatic carbocycles. The second-order valence-corrected chi connectivity index (χ2v) is 6.13. The molecular formula is C17H26ClNO2. The second-order valence-electron chi connectivity index (χ2n) is 5.72. The first kappa shape index (κ1) is 16.3. The number of benzene rings is 1. The van der Waals surface area contributed by atoms with Gasteiger partial charge in [0.15, 0.2) is 11.5 Å². The monoisotopic (exact) mass is 311 g/mol. The molecule has 3 nitrogen and oxygen atoms in total. The van der Waals surface area contributed by atoms with Crippen molar-refractivity contribution in [1.29, 1.82) is 0 Å². The van der Waals surface area contributed by atoms with Crippen molar-refractivity contribution in [2.75, 3.05) is 18.5 Å². The zero-order valence-corrected chi connectivity index (χ0v) is 13.8. The van der Waals surface area contributed by atoms with E-state index in [4.69, 9.17) is 21.1 Å². The Bertz CT molecular complexity index is 451. The van der Waals surface area contributed by atoms with E-state index in [0.717, 1.165) is 23.6 Å². The van der Waals surface area contributed by atoms with Crippen molar-refractivity contribution in [1.82, 2.24) is 0 Å². The Labute approximate surface area is 133 Å². The summed E-state index contributed by atoms with van der Waals surface area (Å²) in [7, 11) is 0. The van der Waals surface area contributed by atoms with Gasteiger partial charge in [-0.2, -0.15) is 0 Å². The number of unbranched alkanes of at least 4 members (excludes halogenated alkanes) is 4. The van der Waals surface area contributed by atoms with E-state index >= 15 is 0 Å². The first-order valence-electron chi connectivity index (χ1n) is 8.06. The number of fused-ring (bicyclic) bond motifs is 1. The van der Waals surface area contributed by atoms with Gasteiger partial charge in [-0.25, -0.2) is 0 Å². The van der Waals surface area contributed by atoms with Gasteiger partial charge in [-0.1, -0.05) is 50.6 Å². The van der Waals surface area contributed by atoms with Crippen LogP contribution in [-0.2, 0) is 0 Å². The summed E-state index contributed by atoms with van der Waals surface area (Å²) in [4.78, 5) is 0. The highest BCUT2D eigenvalue weighted by Gasteiger charge is 2.15. The van der Waals surface area contributed by atoms with Gasteiger partial charge in [0.05, 0.1) is 10.7 Å². The summed E-state index contributed by atoms with van der Waals surface area (Å²) in [6.45, 7) is 5.63. The predicted octanol–water partition coefficient (Wildman–Crippen LogP) is 5.27. The Morgan fingerprint density at radius 1 is 1.10 bits per heavy atom. The fourth-order valence-electron chi connectivity index (χ4n) is 2.57. The van der Waals surface area contributed by atoms with E-state index in [1.807, 2.05) is 12.1 Å². The van der Waals surface area contributed by atoms with E-state index in [-0.39, 0.29) is 0 Å². The lowest BCUT2D eigenvalue weighted by molar-refractivity contribution is 0.171. The number of halogens is 1. The molecule has 0 spiro atoms. The molecule has 1 atom stereocenters. The Morgan fingerprint density at radius 2 is 1.76 bits per heavy atom. The first-order valence-corrected chi connectivity index (χ1v) is 8.44. The van der Waals surface area contributed by atoms with E-state index < -0.39 is 0 Å². The van der Waals surface area contributed by atoms with E-state index in [0.29, 0.717) is 24.3 Å². The number of hydrogen-bond donors (Lipinski definition) is 1. The molecule has 118 valence electrons. The normalized spacial score (nSPS) is 14.8. The number of hydrogen-bond acceptors (Lipinski definition) is 3. The van der Waals surface area contributed by atoms with Crippen LogP contribution >= 0.6 is 11.6 Å². The molecule has 0 fully saturated rings. The molecule has 0 saturated heterocycles. The highest BCUT2D eigenvalue weighted by Crippen LogP contribution is 2.38. The van der Waals surface area contributed by atoms with Gasteiger partial charge < -0.3 is 14.8 Å². The molecule has 0 radical (unpaired) electrons. The molecule has 1 N–H and O–H groups in total. The minimum atomic E-state index is 0.409. The molecule has 4 heteroatoms. The third-order valence-corrected chi connectivity index (χ3v) is 4.09. The zero-order chi connectivity index (χ0) is 15.1. The lowest BCUT2D eigenvalue weighted by atomic mass is 10.1. The topological polar surface area (TPSA) is 30.5 Å². The molecule has 0 bridgehead atoms. The van der Waals surface area contributed by atoms with Crippen molar-refractivity contribution in [3.63, 3.8) is 0 Å². The molecule has 1 heterocycles. The molecule has 21 heavy (non-hydrogen) atoms. The SMILES string of the molecule is CCCCCCCC(C)Nc1cc2c(cc1Cl)OCCO2. The van der Waals surface area contributed by atoms with Gasteiger partial charge in [0, 0.05) is 18.2 Å². The lowest BCUT2D eigenvalue weighted by Gasteiger charge is -2.22. The van der Waals surface area contributed by atoms with Crippen LogP contribution in [0.5, 0.6) is 11.5 Å². The molecular weight excluding hydrogens is 286 g/mol. The van der Waals surface area contributed by atoms with Gasteiger partial charge in [-0.05, 0) is 13.3 Å². The van der Waals surface area contributed by atoms with Crippen LogP contribution in [0, 0.1) is 0 Å². The summed E-state index contributed by atoms with van der Waals surface area (Å²) < 4.78 is 11.1. The standard InChI is InChI=1S/C17H26ClNO2/c1-3-4-5-6-7-8-13(2)19-15-12-17-16(11-14(15)18)20-9-10-21-17/h11-13,19H,3-10H2,1-2H3. The van der Waals surface area contributed by atoms with Gasteiger partial charge in [0.2, 0.25) is 0 Å². The van der Waals surface area contributed by atoms with E-state index in [1.165, 1.54) is 32.1 Å². The summed E-state index contributed by atoms with van der Waals surface area (Å²) in [6, 6.07) is 4.20. The van der Waals surface area contributed by atoms with Crippen LogP contribution in [0.2, 0.25) is 5.02 Å². The summed E-state index contributed by atoms with van der Waals surface area (Å²) in [6.07, 6.45) is 7.71. The predicted molar refractivity (Wildman–Crippen MR) is 88.9 cm³/mol. The highest BCUT2D eigenvalue weighted by atomic mass is 35.5. The van der Waals surface area contributed by atoms with Gasteiger partial charge in [0.1, 0.15) is 13.2 Å². The molecule has 1 aliphatic rings. The van der Waals surface area contributed by atoms with Crippen LogP contribution in [0.1, 0.15) is 52.4 Å². The van der Waals surface area contributed by atoms with Gasteiger partial charge in [-0.15, -0.1) is 0 Å². The first-order chi connectivity index (χ1) is 10.2. The summed E-state index contributed by atoms with van der Waals surface area (Å²) in [5, 5.41) is 4.18. The Kier molecular flexibility index (Phi) is 6.50. The van der Waals surface area contributed by atoms with Crippen molar-refractivity contribution in [3.8, 4) is 11.5 Å². The Balaban J connectivity index is 1.84. The quantitative estimate of drug-likeness (QED) is 0.663. The largest absolute Gasteiger partial charge is 0.486 e. The Morgan fingerprint density at radius 3 is 2.48 bits per heavy atom. The number of ether oxygens (including phenoxy) is 2. The molecule has 1 unspecified atom stereocenters. The third-order valence-electron chi connectivity index (χ3n) is 3.77. The molecule has 1 aromatic rings. The summed E-state index contributed by atoms with van der Waals surface area (Å²) in [5.41, 5.74) is 0.932. The van der Waals surface area contributed by atoms with Gasteiger partial charge in [0.25, 0.3) is 0 Å². The minimum absolute atomic E-state index is 0.409. The average Bonchev–Trinajstić information content (AvgIpc) is 2.48. The van der Waals surface area contributed by atoms with Crippen molar-refractivity contribution < 1.29 is 9.47 Å². The average molecular weight is 312 g/mol. The maximum Gasteiger partial charge on any atom is 0.163 e. The molecule has 2 rings (SSSR count). The summed E-state index contributed by atoms with van der Waals surface area (Å²) in [5.74, 6) is 1.52. The second kappa shape index (κ2) is 8.38. The van der Waals surface area contributed by atoms with Crippen molar-refractivity contribution in [2.24, 2.45) is 0 Å². The van der Waals surface area contributed by atoms with E-state index in [1.54, 1.807) is 0 Å². The fraction of sp³-hybridized carbons (Fsp3) is 0.647. The number of rotatable bonds is 8. The van der Waals surface area contributed by atoms with Crippen LogP contribution in [0.25, 0.3) is 0 Å². The van der Waals surface area contributed by atoms with E-state index in [2.05, 4.69) is 19.2 Å². The van der Waals surface area contributed by atoms with Crippen molar-refractivity contribution >= 4 is 17.3 Å². The highest BCUT2D eigenvalue weighted by molar-refractivity contribution is 6.33. The summed E-state index contributed by atoms with van der Waals surface area (Å²) >= 11 is 6.31. The van der Waals surface area contributed by atoms with Crippen LogP contribution in [0.15, 0.2) is 12.1 Å². The lowest BCUT2D eigenvalue weighted by Crippen LogP contribution is -2.18.